The Morgan fingerprint density at radius 1 is 1.15 bits per heavy atom. The van der Waals surface area contributed by atoms with Crippen LogP contribution in [0.15, 0.2) is 36.8 Å². The number of hydrogen-bond acceptors (Lipinski definition) is 9. The Kier molecular flexibility index (Phi) is 6.74. The molecule has 1 N–H and O–H groups in total. The molecule has 0 saturated carbocycles. The number of rotatable bonds is 9. The fourth-order valence-corrected chi connectivity index (χ4v) is 4.58. The van der Waals surface area contributed by atoms with Gasteiger partial charge < -0.3 is 24.1 Å². The summed E-state index contributed by atoms with van der Waals surface area (Å²) in [6.07, 6.45) is 3.25. The number of aryl methyl sites for hydroxylation is 1. The SMILES string of the molecule is CCOc1cc(-c2cc(NCCn3c(C)cc4c(OC)ccnc43)ncn2)sc1C(=O)OC. The average molecular weight is 468 g/mol. The minimum absolute atomic E-state index is 0.417. The van der Waals surface area contributed by atoms with E-state index in [0.717, 1.165) is 27.4 Å². The Labute approximate surface area is 195 Å². The second-order valence-corrected chi connectivity index (χ2v) is 8.18. The molecule has 4 aromatic rings. The molecule has 0 bridgehead atoms. The standard InChI is InChI=1S/C23H25N5O4S/c1-5-32-18-12-19(33-21(18)23(29)31-4)16-11-20(27-13-26-16)24-8-9-28-14(2)10-15-17(30-3)6-7-25-22(15)28/h6-7,10-13H,5,8-9H2,1-4H3,(H,24,26,27). The van der Waals surface area contributed by atoms with Gasteiger partial charge in [-0.15, -0.1) is 11.3 Å². The molecule has 0 aromatic carbocycles. The van der Waals surface area contributed by atoms with E-state index in [1.807, 2.05) is 19.1 Å². The van der Waals surface area contributed by atoms with Crippen LogP contribution in [0.25, 0.3) is 21.6 Å². The molecule has 0 aliphatic carbocycles. The van der Waals surface area contributed by atoms with Gasteiger partial charge in [-0.1, -0.05) is 0 Å². The maximum Gasteiger partial charge on any atom is 0.351 e. The highest BCUT2D eigenvalue weighted by molar-refractivity contribution is 7.17. The molecule has 172 valence electrons. The Morgan fingerprint density at radius 2 is 2.00 bits per heavy atom. The molecule has 0 aliphatic heterocycles. The summed E-state index contributed by atoms with van der Waals surface area (Å²) in [4.78, 5) is 26.5. The second-order valence-electron chi connectivity index (χ2n) is 7.13. The lowest BCUT2D eigenvalue weighted by Crippen LogP contribution is -2.12. The van der Waals surface area contributed by atoms with Gasteiger partial charge in [0.1, 0.15) is 29.3 Å². The van der Waals surface area contributed by atoms with Gasteiger partial charge in [-0.2, -0.15) is 0 Å². The highest BCUT2D eigenvalue weighted by Crippen LogP contribution is 2.36. The van der Waals surface area contributed by atoms with Gasteiger partial charge in [0, 0.05) is 37.1 Å². The summed E-state index contributed by atoms with van der Waals surface area (Å²) in [5, 5.41) is 4.34. The average Bonchev–Trinajstić information content (AvgIpc) is 3.40. The van der Waals surface area contributed by atoms with Crippen LogP contribution in [-0.2, 0) is 11.3 Å². The van der Waals surface area contributed by atoms with Crippen molar-refractivity contribution in [3.8, 4) is 22.1 Å². The topological polar surface area (TPSA) is 100 Å². The number of anilines is 1. The summed E-state index contributed by atoms with van der Waals surface area (Å²) >= 11 is 1.28. The maximum absolute atomic E-state index is 12.1. The minimum atomic E-state index is -0.429. The molecule has 0 atom stereocenters. The fourth-order valence-electron chi connectivity index (χ4n) is 3.59. The molecular weight excluding hydrogens is 442 g/mol. The predicted molar refractivity (Wildman–Crippen MR) is 127 cm³/mol. The van der Waals surface area contributed by atoms with E-state index in [1.54, 1.807) is 19.4 Å². The third-order valence-corrected chi connectivity index (χ3v) is 6.23. The fraction of sp³-hybridized carbons (Fsp3) is 0.304. The highest BCUT2D eigenvalue weighted by Gasteiger charge is 2.20. The summed E-state index contributed by atoms with van der Waals surface area (Å²) in [5.74, 6) is 1.56. The zero-order valence-electron chi connectivity index (χ0n) is 18.9. The summed E-state index contributed by atoms with van der Waals surface area (Å²) in [6.45, 7) is 5.71. The maximum atomic E-state index is 12.1. The number of carbonyl (C=O) groups is 1. The lowest BCUT2D eigenvalue weighted by Gasteiger charge is -2.10. The normalized spacial score (nSPS) is 10.9. The van der Waals surface area contributed by atoms with E-state index in [1.165, 1.54) is 24.8 Å². The highest BCUT2D eigenvalue weighted by atomic mass is 32.1. The van der Waals surface area contributed by atoms with Gasteiger partial charge in [0.25, 0.3) is 0 Å². The van der Waals surface area contributed by atoms with Crippen molar-refractivity contribution in [3.63, 3.8) is 0 Å². The first-order chi connectivity index (χ1) is 16.0. The van der Waals surface area contributed by atoms with Crippen LogP contribution in [0.3, 0.4) is 0 Å². The Morgan fingerprint density at radius 3 is 2.76 bits per heavy atom. The van der Waals surface area contributed by atoms with Gasteiger partial charge in [-0.05, 0) is 26.0 Å². The Balaban J connectivity index is 1.50. The second kappa shape index (κ2) is 9.86. The van der Waals surface area contributed by atoms with Gasteiger partial charge >= 0.3 is 5.97 Å². The van der Waals surface area contributed by atoms with Crippen LogP contribution in [0.1, 0.15) is 22.3 Å². The molecule has 33 heavy (non-hydrogen) atoms. The van der Waals surface area contributed by atoms with E-state index in [2.05, 4.69) is 37.8 Å². The van der Waals surface area contributed by atoms with Gasteiger partial charge in [0.05, 0.1) is 36.8 Å². The van der Waals surface area contributed by atoms with Crippen molar-refractivity contribution in [2.45, 2.75) is 20.4 Å². The van der Waals surface area contributed by atoms with Crippen molar-refractivity contribution in [2.75, 3.05) is 32.7 Å². The minimum Gasteiger partial charge on any atom is -0.496 e. The number of fused-ring (bicyclic) bond motifs is 1. The smallest absolute Gasteiger partial charge is 0.351 e. The van der Waals surface area contributed by atoms with Gasteiger partial charge in [0.2, 0.25) is 0 Å². The number of ether oxygens (including phenoxy) is 3. The zero-order chi connectivity index (χ0) is 23.4. The number of pyridine rings is 1. The van der Waals surface area contributed by atoms with Crippen LogP contribution >= 0.6 is 11.3 Å². The predicted octanol–water partition coefficient (Wildman–Crippen LogP) is 4.17. The summed E-state index contributed by atoms with van der Waals surface area (Å²) in [7, 11) is 3.01. The number of nitrogens with zero attached hydrogens (tertiary/aromatic N) is 4. The number of hydrogen-bond donors (Lipinski definition) is 1. The van der Waals surface area contributed by atoms with Crippen LogP contribution in [0, 0.1) is 6.92 Å². The van der Waals surface area contributed by atoms with Crippen molar-refractivity contribution in [2.24, 2.45) is 0 Å². The monoisotopic (exact) mass is 467 g/mol. The molecule has 4 rings (SSSR count). The molecule has 0 spiro atoms. The van der Waals surface area contributed by atoms with E-state index >= 15 is 0 Å². The van der Waals surface area contributed by atoms with Gasteiger partial charge in [-0.25, -0.2) is 19.7 Å². The van der Waals surface area contributed by atoms with E-state index in [4.69, 9.17) is 14.2 Å². The number of carbonyl (C=O) groups excluding carboxylic acids is 1. The summed E-state index contributed by atoms with van der Waals surface area (Å²) in [5.41, 5.74) is 2.68. The summed E-state index contributed by atoms with van der Waals surface area (Å²) in [6, 6.07) is 7.60. The first kappa shape index (κ1) is 22.5. The van der Waals surface area contributed by atoms with Crippen LogP contribution in [0.4, 0.5) is 5.82 Å². The lowest BCUT2D eigenvalue weighted by molar-refractivity contribution is 0.0602. The quantitative estimate of drug-likeness (QED) is 0.366. The Bertz CT molecular complexity index is 1280. The van der Waals surface area contributed by atoms with Crippen molar-refractivity contribution >= 4 is 34.2 Å². The third-order valence-electron chi connectivity index (χ3n) is 5.11. The van der Waals surface area contributed by atoms with Gasteiger partial charge in [0.15, 0.2) is 4.88 Å². The molecule has 0 amide bonds. The summed E-state index contributed by atoms with van der Waals surface area (Å²) < 4.78 is 18.1. The molecule has 0 aliphatic rings. The van der Waals surface area contributed by atoms with Crippen LogP contribution in [0.5, 0.6) is 11.5 Å². The van der Waals surface area contributed by atoms with Crippen LogP contribution < -0.4 is 14.8 Å². The zero-order valence-corrected chi connectivity index (χ0v) is 19.7. The molecule has 10 heteroatoms. The molecular formula is C23H25N5O4S. The van der Waals surface area contributed by atoms with Crippen LogP contribution in [-0.4, -0.2) is 52.9 Å². The molecule has 0 saturated heterocycles. The molecule has 4 aromatic heterocycles. The van der Waals surface area contributed by atoms with Crippen molar-refractivity contribution in [1.29, 1.82) is 0 Å². The third kappa shape index (κ3) is 4.61. The lowest BCUT2D eigenvalue weighted by atomic mass is 10.3. The van der Waals surface area contributed by atoms with E-state index in [9.17, 15) is 4.79 Å². The molecule has 0 unspecified atom stereocenters. The molecule has 4 heterocycles. The molecule has 9 nitrogen and oxygen atoms in total. The number of methoxy groups -OCH3 is 2. The van der Waals surface area contributed by atoms with Crippen molar-refractivity contribution < 1.29 is 19.0 Å². The van der Waals surface area contributed by atoms with E-state index in [-0.39, 0.29) is 0 Å². The molecule has 0 fully saturated rings. The number of aromatic nitrogens is 4. The van der Waals surface area contributed by atoms with Crippen molar-refractivity contribution in [1.82, 2.24) is 19.5 Å². The number of esters is 1. The largest absolute Gasteiger partial charge is 0.496 e. The van der Waals surface area contributed by atoms with Crippen molar-refractivity contribution in [3.05, 3.63) is 47.4 Å². The van der Waals surface area contributed by atoms with E-state index in [0.29, 0.717) is 41.8 Å². The molecule has 0 radical (unpaired) electrons. The first-order valence-corrected chi connectivity index (χ1v) is 11.3. The Hall–Kier alpha value is -3.66. The van der Waals surface area contributed by atoms with Crippen LogP contribution in [0.2, 0.25) is 0 Å². The van der Waals surface area contributed by atoms with Gasteiger partial charge in [-0.3, -0.25) is 0 Å². The first-order valence-electron chi connectivity index (χ1n) is 10.5. The number of nitrogens with one attached hydrogen (secondary N) is 1. The van der Waals surface area contributed by atoms with E-state index < -0.39 is 5.97 Å². The number of thiophene rings is 1.